The van der Waals surface area contributed by atoms with E-state index in [1.54, 1.807) is 0 Å². The molecule has 0 saturated carbocycles. The van der Waals surface area contributed by atoms with Crippen molar-refractivity contribution in [3.63, 3.8) is 0 Å². The number of hydrogen-bond donors (Lipinski definition) is 2. The van der Waals surface area contributed by atoms with Crippen LogP contribution in [-0.2, 0) is 6.54 Å². The van der Waals surface area contributed by atoms with Gasteiger partial charge in [-0.15, -0.1) is 0 Å². The van der Waals surface area contributed by atoms with Gasteiger partial charge >= 0.3 is 0 Å². The number of ether oxygens (including phenoxy) is 1. The summed E-state index contributed by atoms with van der Waals surface area (Å²) in [5.74, 6) is 0.811. The number of fused-ring (bicyclic) bond motifs is 1. The van der Waals surface area contributed by atoms with Gasteiger partial charge in [-0.25, -0.2) is 0 Å². The molecule has 3 aromatic rings. The lowest BCUT2D eigenvalue weighted by atomic mass is 10.1. The lowest BCUT2D eigenvalue weighted by Gasteiger charge is -2.11. The minimum atomic E-state index is -0.0653. The van der Waals surface area contributed by atoms with Gasteiger partial charge in [-0.3, -0.25) is 4.79 Å². The molecule has 1 heterocycles. The number of nitrogens with one attached hydrogen (secondary N) is 2. The fraction of sp³-hybridized carbons (Fsp3) is 0.250. The maximum atomic E-state index is 12.3. The van der Waals surface area contributed by atoms with E-state index in [-0.39, 0.29) is 5.56 Å². The van der Waals surface area contributed by atoms with E-state index in [1.165, 1.54) is 5.56 Å². The van der Waals surface area contributed by atoms with Gasteiger partial charge in [0.15, 0.2) is 0 Å². The van der Waals surface area contributed by atoms with Crippen LogP contribution in [0.5, 0.6) is 5.75 Å². The number of benzene rings is 2. The van der Waals surface area contributed by atoms with Gasteiger partial charge in [0, 0.05) is 28.7 Å². The first-order valence-corrected chi connectivity index (χ1v) is 8.16. The van der Waals surface area contributed by atoms with Gasteiger partial charge in [-0.2, -0.15) is 0 Å². The molecule has 2 aromatic carbocycles. The number of aromatic amines is 1. The number of H-pyrrole nitrogens is 1. The molecule has 0 unspecified atom stereocenters. The zero-order valence-electron chi connectivity index (χ0n) is 14.3. The summed E-state index contributed by atoms with van der Waals surface area (Å²) < 4.78 is 5.53. The van der Waals surface area contributed by atoms with E-state index in [0.29, 0.717) is 18.7 Å². The summed E-state index contributed by atoms with van der Waals surface area (Å²) in [5.41, 5.74) is 4.87. The quantitative estimate of drug-likeness (QED) is 0.742. The van der Waals surface area contributed by atoms with Gasteiger partial charge < -0.3 is 15.0 Å². The Morgan fingerprint density at radius 3 is 2.71 bits per heavy atom. The highest BCUT2D eigenvalue weighted by atomic mass is 16.5. The molecular weight excluding hydrogens is 300 g/mol. The van der Waals surface area contributed by atoms with E-state index >= 15 is 0 Å². The van der Waals surface area contributed by atoms with E-state index in [4.69, 9.17) is 4.74 Å². The van der Waals surface area contributed by atoms with Gasteiger partial charge in [0.25, 0.3) is 5.56 Å². The summed E-state index contributed by atoms with van der Waals surface area (Å²) in [6, 6.07) is 13.9. The monoisotopic (exact) mass is 322 g/mol. The van der Waals surface area contributed by atoms with Crippen LogP contribution in [0.3, 0.4) is 0 Å². The van der Waals surface area contributed by atoms with Gasteiger partial charge in [0.05, 0.1) is 6.61 Å². The highest BCUT2D eigenvalue weighted by Crippen LogP contribution is 2.20. The third-order valence-electron chi connectivity index (χ3n) is 4.07. The van der Waals surface area contributed by atoms with Crippen molar-refractivity contribution in [3.05, 3.63) is 69.5 Å². The maximum absolute atomic E-state index is 12.3. The predicted molar refractivity (Wildman–Crippen MR) is 99.0 cm³/mol. The molecule has 24 heavy (non-hydrogen) atoms. The average molecular weight is 322 g/mol. The standard InChI is InChI=1S/C20H22N2O2/c1-4-24-17-7-8-18-15(11-17)10-16(20(23)22-18)12-21-19-9-13(2)5-6-14(19)3/h5-11,21H,4,12H2,1-3H3,(H,22,23). The predicted octanol–water partition coefficient (Wildman–Crippen LogP) is 4.16. The first kappa shape index (κ1) is 16.1. The largest absolute Gasteiger partial charge is 0.494 e. The van der Waals surface area contributed by atoms with Crippen LogP contribution in [0.1, 0.15) is 23.6 Å². The molecule has 124 valence electrons. The molecule has 2 N–H and O–H groups in total. The zero-order valence-corrected chi connectivity index (χ0v) is 14.3. The lowest BCUT2D eigenvalue weighted by molar-refractivity contribution is 0.340. The number of aryl methyl sites for hydroxylation is 2. The van der Waals surface area contributed by atoms with Crippen molar-refractivity contribution < 1.29 is 4.74 Å². The second kappa shape index (κ2) is 6.79. The van der Waals surface area contributed by atoms with Gasteiger partial charge in [-0.1, -0.05) is 12.1 Å². The van der Waals surface area contributed by atoms with Crippen molar-refractivity contribution in [1.29, 1.82) is 0 Å². The summed E-state index contributed by atoms with van der Waals surface area (Å²) in [6.07, 6.45) is 0. The van der Waals surface area contributed by atoms with Gasteiger partial charge in [-0.05, 0) is 62.2 Å². The van der Waals surface area contributed by atoms with Crippen molar-refractivity contribution in [1.82, 2.24) is 4.98 Å². The Morgan fingerprint density at radius 1 is 1.08 bits per heavy atom. The molecule has 0 amide bonds. The van der Waals surface area contributed by atoms with Crippen LogP contribution in [0.15, 0.2) is 47.3 Å². The van der Waals surface area contributed by atoms with Crippen LogP contribution in [0.4, 0.5) is 5.69 Å². The van der Waals surface area contributed by atoms with Crippen molar-refractivity contribution in [3.8, 4) is 5.75 Å². The highest BCUT2D eigenvalue weighted by molar-refractivity contribution is 5.80. The average Bonchev–Trinajstić information content (AvgIpc) is 2.56. The van der Waals surface area contributed by atoms with Crippen LogP contribution in [-0.4, -0.2) is 11.6 Å². The molecule has 0 aliphatic heterocycles. The van der Waals surface area contributed by atoms with Crippen LogP contribution in [0.2, 0.25) is 0 Å². The lowest BCUT2D eigenvalue weighted by Crippen LogP contribution is -2.16. The molecule has 0 saturated heterocycles. The van der Waals surface area contributed by atoms with Crippen LogP contribution in [0.25, 0.3) is 10.9 Å². The summed E-state index contributed by atoms with van der Waals surface area (Å²) >= 11 is 0. The summed E-state index contributed by atoms with van der Waals surface area (Å²) in [4.78, 5) is 15.2. The Balaban J connectivity index is 1.89. The molecule has 0 radical (unpaired) electrons. The molecule has 0 fully saturated rings. The Kier molecular flexibility index (Phi) is 4.56. The summed E-state index contributed by atoms with van der Waals surface area (Å²) in [6.45, 7) is 7.17. The molecule has 0 spiro atoms. The molecule has 0 aliphatic rings. The molecule has 3 rings (SSSR count). The fourth-order valence-corrected chi connectivity index (χ4v) is 2.73. The molecule has 0 atom stereocenters. The van der Waals surface area contributed by atoms with E-state index in [0.717, 1.165) is 27.9 Å². The van der Waals surface area contributed by atoms with Crippen LogP contribution < -0.4 is 15.6 Å². The number of rotatable bonds is 5. The molecular formula is C20H22N2O2. The van der Waals surface area contributed by atoms with Crippen molar-refractivity contribution in [2.45, 2.75) is 27.3 Å². The summed E-state index contributed by atoms with van der Waals surface area (Å²) in [7, 11) is 0. The van der Waals surface area contributed by atoms with Crippen molar-refractivity contribution in [2.24, 2.45) is 0 Å². The number of anilines is 1. The zero-order chi connectivity index (χ0) is 17.1. The first-order valence-electron chi connectivity index (χ1n) is 8.16. The van der Waals surface area contributed by atoms with E-state index in [2.05, 4.69) is 42.3 Å². The number of pyridine rings is 1. The second-order valence-corrected chi connectivity index (χ2v) is 5.98. The summed E-state index contributed by atoms with van der Waals surface area (Å²) in [5, 5.41) is 4.33. The Morgan fingerprint density at radius 2 is 1.92 bits per heavy atom. The third kappa shape index (κ3) is 3.43. The van der Waals surface area contributed by atoms with E-state index in [9.17, 15) is 4.79 Å². The highest BCUT2D eigenvalue weighted by Gasteiger charge is 2.06. The number of aromatic nitrogens is 1. The van der Waals surface area contributed by atoms with E-state index in [1.807, 2.05) is 31.2 Å². The fourth-order valence-electron chi connectivity index (χ4n) is 2.73. The second-order valence-electron chi connectivity index (χ2n) is 5.98. The molecule has 0 bridgehead atoms. The minimum absolute atomic E-state index is 0.0653. The van der Waals surface area contributed by atoms with Crippen molar-refractivity contribution >= 4 is 16.6 Å². The van der Waals surface area contributed by atoms with Crippen LogP contribution >= 0.6 is 0 Å². The molecule has 0 aliphatic carbocycles. The van der Waals surface area contributed by atoms with E-state index < -0.39 is 0 Å². The Labute approximate surface area is 141 Å². The number of hydrogen-bond acceptors (Lipinski definition) is 3. The smallest absolute Gasteiger partial charge is 0.253 e. The Hall–Kier alpha value is -2.75. The minimum Gasteiger partial charge on any atom is -0.494 e. The third-order valence-corrected chi connectivity index (χ3v) is 4.07. The topological polar surface area (TPSA) is 54.1 Å². The first-order chi connectivity index (χ1) is 11.6. The Bertz CT molecular complexity index is 929. The van der Waals surface area contributed by atoms with Crippen LogP contribution in [0, 0.1) is 13.8 Å². The maximum Gasteiger partial charge on any atom is 0.253 e. The molecule has 4 heteroatoms. The molecule has 1 aromatic heterocycles. The van der Waals surface area contributed by atoms with Gasteiger partial charge in [0.2, 0.25) is 0 Å². The normalized spacial score (nSPS) is 10.8. The van der Waals surface area contributed by atoms with Gasteiger partial charge in [0.1, 0.15) is 5.75 Å². The SMILES string of the molecule is CCOc1ccc2[nH]c(=O)c(CNc3cc(C)ccc3C)cc2c1. The van der Waals surface area contributed by atoms with Crippen molar-refractivity contribution in [2.75, 3.05) is 11.9 Å². The molecule has 4 nitrogen and oxygen atoms in total.